The molecular formula is C16H20N4O2S. The van der Waals surface area contributed by atoms with E-state index in [2.05, 4.69) is 33.3 Å². The molecule has 2 rings (SSSR count). The Morgan fingerprint density at radius 1 is 1.13 bits per heavy atom. The predicted octanol–water partition coefficient (Wildman–Crippen LogP) is 2.34. The zero-order chi connectivity index (χ0) is 16.7. The van der Waals surface area contributed by atoms with Crippen molar-refractivity contribution in [1.29, 1.82) is 0 Å². The van der Waals surface area contributed by atoms with E-state index in [1.807, 2.05) is 17.5 Å². The van der Waals surface area contributed by atoms with Crippen molar-refractivity contribution in [3.05, 3.63) is 35.2 Å². The minimum atomic E-state index is -0.162. The number of thiazole rings is 1. The van der Waals surface area contributed by atoms with Crippen LogP contribution in [0.15, 0.2) is 29.6 Å². The molecule has 0 aliphatic carbocycles. The number of benzene rings is 1. The number of carbonyl (C=O) groups excluding carboxylic acids is 2. The van der Waals surface area contributed by atoms with Crippen LogP contribution in [0.4, 0.5) is 5.13 Å². The fraction of sp³-hybridized carbons (Fsp3) is 0.312. The van der Waals surface area contributed by atoms with Crippen molar-refractivity contribution in [2.24, 2.45) is 0 Å². The molecule has 0 atom stereocenters. The molecule has 23 heavy (non-hydrogen) atoms. The summed E-state index contributed by atoms with van der Waals surface area (Å²) in [7, 11) is 0. The molecule has 3 N–H and O–H groups in total. The first-order chi connectivity index (χ1) is 11.0. The van der Waals surface area contributed by atoms with E-state index < -0.39 is 0 Å². The van der Waals surface area contributed by atoms with Crippen LogP contribution in [-0.4, -0.2) is 23.3 Å². The highest BCUT2D eigenvalue weighted by molar-refractivity contribution is 7.14. The van der Waals surface area contributed by atoms with Crippen molar-refractivity contribution in [3.63, 3.8) is 0 Å². The van der Waals surface area contributed by atoms with Gasteiger partial charge >= 0.3 is 0 Å². The summed E-state index contributed by atoms with van der Waals surface area (Å²) in [4.78, 5) is 26.1. The van der Waals surface area contributed by atoms with Crippen molar-refractivity contribution in [2.45, 2.75) is 26.7 Å². The van der Waals surface area contributed by atoms with Crippen LogP contribution < -0.4 is 16.2 Å². The Kier molecular flexibility index (Phi) is 6.10. The summed E-state index contributed by atoms with van der Waals surface area (Å²) in [6, 6.07) is 8.21. The van der Waals surface area contributed by atoms with Gasteiger partial charge in [0.2, 0.25) is 16.9 Å². The third kappa shape index (κ3) is 5.71. The van der Waals surface area contributed by atoms with Gasteiger partial charge in [-0.25, -0.2) is 4.98 Å². The summed E-state index contributed by atoms with van der Waals surface area (Å²) in [5.74, 6) is -0.155. The van der Waals surface area contributed by atoms with E-state index in [0.29, 0.717) is 11.7 Å². The molecule has 7 heteroatoms. The molecule has 0 radical (unpaired) electrons. The van der Waals surface area contributed by atoms with Gasteiger partial charge in [-0.2, -0.15) is 0 Å². The number of aromatic nitrogens is 1. The third-order valence-corrected chi connectivity index (χ3v) is 3.87. The lowest BCUT2D eigenvalue weighted by molar-refractivity contribution is -0.119. The van der Waals surface area contributed by atoms with Crippen LogP contribution in [0.2, 0.25) is 0 Å². The second kappa shape index (κ2) is 8.28. The Bertz CT molecular complexity index is 667. The van der Waals surface area contributed by atoms with Crippen LogP contribution in [0, 0.1) is 0 Å². The fourth-order valence-corrected chi connectivity index (χ4v) is 2.68. The fourth-order valence-electron chi connectivity index (χ4n) is 2.00. The minimum Gasteiger partial charge on any atom is -0.356 e. The predicted molar refractivity (Wildman–Crippen MR) is 92.0 cm³/mol. The SMILES string of the molecule is CC(=O)NCCCc1ccc(-c2csc(NNC(C)=O)n2)cc1. The van der Waals surface area contributed by atoms with E-state index in [9.17, 15) is 9.59 Å². The molecule has 2 aromatic rings. The number of amides is 2. The molecule has 2 amide bonds. The summed E-state index contributed by atoms with van der Waals surface area (Å²) in [5.41, 5.74) is 8.39. The molecule has 0 aliphatic heterocycles. The number of hydrogen-bond acceptors (Lipinski definition) is 5. The van der Waals surface area contributed by atoms with Crippen molar-refractivity contribution < 1.29 is 9.59 Å². The van der Waals surface area contributed by atoms with Crippen molar-refractivity contribution in [3.8, 4) is 11.3 Å². The first-order valence-electron chi connectivity index (χ1n) is 7.36. The molecule has 1 heterocycles. The zero-order valence-electron chi connectivity index (χ0n) is 13.2. The Labute approximate surface area is 139 Å². The highest BCUT2D eigenvalue weighted by Gasteiger charge is 2.05. The molecule has 0 bridgehead atoms. The maximum absolute atomic E-state index is 10.9. The van der Waals surface area contributed by atoms with Crippen molar-refractivity contribution in [1.82, 2.24) is 15.7 Å². The average Bonchev–Trinajstić information content (AvgIpc) is 2.99. The van der Waals surface area contributed by atoms with E-state index in [-0.39, 0.29) is 11.8 Å². The maximum atomic E-state index is 10.9. The topological polar surface area (TPSA) is 83.1 Å². The van der Waals surface area contributed by atoms with Crippen LogP contribution in [0.1, 0.15) is 25.8 Å². The van der Waals surface area contributed by atoms with Gasteiger partial charge in [-0.05, 0) is 18.4 Å². The van der Waals surface area contributed by atoms with Crippen LogP contribution in [0.3, 0.4) is 0 Å². The average molecular weight is 332 g/mol. The van der Waals surface area contributed by atoms with Crippen LogP contribution in [0.25, 0.3) is 11.3 Å². The summed E-state index contributed by atoms with van der Waals surface area (Å²) in [5, 5.41) is 5.38. The number of nitrogens with zero attached hydrogens (tertiary/aromatic N) is 1. The smallest absolute Gasteiger partial charge is 0.235 e. The Morgan fingerprint density at radius 3 is 2.52 bits per heavy atom. The molecule has 0 aliphatic rings. The second-order valence-corrected chi connectivity index (χ2v) is 5.99. The second-order valence-electron chi connectivity index (χ2n) is 5.13. The number of carbonyl (C=O) groups is 2. The van der Waals surface area contributed by atoms with E-state index >= 15 is 0 Å². The largest absolute Gasteiger partial charge is 0.356 e. The van der Waals surface area contributed by atoms with Gasteiger partial charge in [0.25, 0.3) is 0 Å². The molecule has 0 spiro atoms. The highest BCUT2D eigenvalue weighted by Crippen LogP contribution is 2.24. The molecule has 1 aromatic heterocycles. The number of rotatable bonds is 7. The van der Waals surface area contributed by atoms with Crippen molar-refractivity contribution >= 4 is 28.3 Å². The first kappa shape index (κ1) is 17.0. The molecule has 0 fully saturated rings. The lowest BCUT2D eigenvalue weighted by atomic mass is 10.1. The number of hydrazine groups is 1. The quantitative estimate of drug-likeness (QED) is 0.537. The van der Waals surface area contributed by atoms with Crippen LogP contribution in [0.5, 0.6) is 0 Å². The van der Waals surface area contributed by atoms with Gasteiger partial charge in [-0.1, -0.05) is 24.3 Å². The summed E-state index contributed by atoms with van der Waals surface area (Å²) in [6.45, 7) is 3.66. The van der Waals surface area contributed by atoms with Gasteiger partial charge < -0.3 is 5.32 Å². The van der Waals surface area contributed by atoms with Crippen molar-refractivity contribution in [2.75, 3.05) is 12.0 Å². The van der Waals surface area contributed by atoms with Gasteiger partial charge in [-0.3, -0.25) is 20.4 Å². The molecule has 0 saturated heterocycles. The van der Waals surface area contributed by atoms with Gasteiger partial charge in [0.05, 0.1) is 5.69 Å². The van der Waals surface area contributed by atoms with Gasteiger partial charge in [0.1, 0.15) is 0 Å². The summed E-state index contributed by atoms with van der Waals surface area (Å²) >= 11 is 1.43. The monoisotopic (exact) mass is 332 g/mol. The Hall–Kier alpha value is -2.41. The van der Waals surface area contributed by atoms with E-state index in [1.54, 1.807) is 0 Å². The molecular weight excluding hydrogens is 312 g/mol. The number of hydrogen-bond donors (Lipinski definition) is 3. The minimum absolute atomic E-state index is 0.00700. The van der Waals surface area contributed by atoms with E-state index in [4.69, 9.17) is 0 Å². The number of anilines is 1. The number of aryl methyl sites for hydroxylation is 1. The van der Waals surface area contributed by atoms with Gasteiger partial charge in [0, 0.05) is 31.3 Å². The van der Waals surface area contributed by atoms with Crippen LogP contribution >= 0.6 is 11.3 Å². The summed E-state index contributed by atoms with van der Waals surface area (Å²) in [6.07, 6.45) is 1.84. The Morgan fingerprint density at radius 2 is 1.87 bits per heavy atom. The molecule has 0 saturated carbocycles. The number of nitrogens with one attached hydrogen (secondary N) is 3. The third-order valence-electron chi connectivity index (χ3n) is 3.12. The zero-order valence-corrected chi connectivity index (χ0v) is 14.0. The van der Waals surface area contributed by atoms with E-state index in [1.165, 1.54) is 30.7 Å². The van der Waals surface area contributed by atoms with Gasteiger partial charge in [-0.15, -0.1) is 11.3 Å². The highest BCUT2D eigenvalue weighted by atomic mass is 32.1. The lowest BCUT2D eigenvalue weighted by Crippen LogP contribution is -2.26. The van der Waals surface area contributed by atoms with Crippen LogP contribution in [-0.2, 0) is 16.0 Å². The Balaban J connectivity index is 1.89. The van der Waals surface area contributed by atoms with E-state index in [0.717, 1.165) is 24.1 Å². The maximum Gasteiger partial charge on any atom is 0.235 e. The molecule has 0 unspecified atom stereocenters. The van der Waals surface area contributed by atoms with Gasteiger partial charge in [0.15, 0.2) is 0 Å². The first-order valence-corrected chi connectivity index (χ1v) is 8.24. The lowest BCUT2D eigenvalue weighted by Gasteiger charge is -2.04. The standard InChI is InChI=1S/C16H20N4O2S/c1-11(21)17-9-3-4-13-5-7-14(8-6-13)15-10-23-16(18-15)20-19-12(2)22/h5-8,10H,3-4,9H2,1-2H3,(H,17,21)(H,18,20)(H,19,22). The normalized spacial score (nSPS) is 10.2. The summed E-state index contributed by atoms with van der Waals surface area (Å²) < 4.78 is 0. The molecule has 1 aromatic carbocycles. The molecule has 6 nitrogen and oxygen atoms in total. The molecule has 122 valence electrons.